The zero-order chi connectivity index (χ0) is 14.6. The van der Waals surface area contributed by atoms with Crippen molar-refractivity contribution < 1.29 is 17.9 Å². The van der Waals surface area contributed by atoms with Gasteiger partial charge in [-0.1, -0.05) is 13.8 Å². The maximum absolute atomic E-state index is 12.5. The first-order valence-corrected chi connectivity index (χ1v) is 5.98. The number of benzene rings is 1. The first-order chi connectivity index (χ1) is 8.75. The smallest absolute Gasteiger partial charge is 0.397 e. The highest BCUT2D eigenvalue weighted by atomic mass is 19.4. The van der Waals surface area contributed by atoms with E-state index in [0.29, 0.717) is 12.3 Å². The highest BCUT2D eigenvalue weighted by molar-refractivity contribution is 5.67. The van der Waals surface area contributed by atoms with E-state index in [1.165, 1.54) is 6.07 Å². The molecule has 0 spiro atoms. The quantitative estimate of drug-likeness (QED) is 0.811. The molecule has 0 heterocycles. The van der Waals surface area contributed by atoms with E-state index in [9.17, 15) is 13.2 Å². The molecule has 1 atom stereocenters. The van der Waals surface area contributed by atoms with Crippen molar-refractivity contribution in [3.63, 3.8) is 0 Å². The minimum Gasteiger partial charge on any atom is -0.397 e. The molecule has 0 fully saturated rings. The van der Waals surface area contributed by atoms with Crippen LogP contribution in [0, 0.1) is 5.92 Å². The van der Waals surface area contributed by atoms with Crippen LogP contribution in [0.1, 0.15) is 19.4 Å². The van der Waals surface area contributed by atoms with Crippen molar-refractivity contribution in [3.8, 4) is 0 Å². The number of nitrogens with two attached hydrogens (primary N) is 1. The lowest BCUT2D eigenvalue weighted by atomic mass is 10.0. The molecule has 6 heteroatoms. The number of methoxy groups -OCH3 is 1. The number of rotatable bonds is 5. The zero-order valence-corrected chi connectivity index (χ0v) is 11.2. The van der Waals surface area contributed by atoms with E-state index >= 15 is 0 Å². The van der Waals surface area contributed by atoms with Crippen LogP contribution in [-0.4, -0.2) is 19.8 Å². The number of ether oxygens (including phenoxy) is 1. The van der Waals surface area contributed by atoms with Gasteiger partial charge in [0, 0.05) is 7.11 Å². The SMILES string of the molecule is COCC(Nc1ccc(C(F)(F)F)cc1N)C(C)C. The molecule has 0 saturated heterocycles. The summed E-state index contributed by atoms with van der Waals surface area (Å²) in [6.07, 6.45) is -4.38. The third kappa shape index (κ3) is 4.31. The van der Waals surface area contributed by atoms with Gasteiger partial charge in [-0.2, -0.15) is 13.2 Å². The Hall–Kier alpha value is -1.43. The molecular weight excluding hydrogens is 257 g/mol. The van der Waals surface area contributed by atoms with Crippen molar-refractivity contribution in [1.82, 2.24) is 0 Å². The Bertz CT molecular complexity index is 419. The van der Waals surface area contributed by atoms with Crippen LogP contribution >= 0.6 is 0 Å². The topological polar surface area (TPSA) is 47.3 Å². The van der Waals surface area contributed by atoms with E-state index in [0.717, 1.165) is 12.1 Å². The molecule has 1 unspecified atom stereocenters. The van der Waals surface area contributed by atoms with Crippen LogP contribution < -0.4 is 11.1 Å². The van der Waals surface area contributed by atoms with Crippen LogP contribution in [0.2, 0.25) is 0 Å². The van der Waals surface area contributed by atoms with E-state index in [4.69, 9.17) is 10.5 Å². The maximum atomic E-state index is 12.5. The van der Waals surface area contributed by atoms with Gasteiger partial charge in [0.05, 0.1) is 29.6 Å². The van der Waals surface area contributed by atoms with Crippen LogP contribution in [0.25, 0.3) is 0 Å². The Morgan fingerprint density at radius 1 is 1.32 bits per heavy atom. The maximum Gasteiger partial charge on any atom is 0.416 e. The summed E-state index contributed by atoms with van der Waals surface area (Å²) in [6.45, 7) is 4.45. The van der Waals surface area contributed by atoms with Gasteiger partial charge in [0.2, 0.25) is 0 Å². The standard InChI is InChI=1S/C13H19F3N2O/c1-8(2)12(7-19-3)18-11-5-4-9(6-10(11)17)13(14,15)16/h4-6,8,12,18H,7,17H2,1-3H3. The largest absolute Gasteiger partial charge is 0.416 e. The molecule has 0 radical (unpaired) electrons. The Balaban J connectivity index is 2.90. The van der Waals surface area contributed by atoms with E-state index in [1.807, 2.05) is 13.8 Å². The average Bonchev–Trinajstić information content (AvgIpc) is 2.29. The fourth-order valence-corrected chi connectivity index (χ4v) is 1.65. The third-order valence-electron chi connectivity index (χ3n) is 2.87. The Morgan fingerprint density at radius 3 is 2.37 bits per heavy atom. The second-order valence-electron chi connectivity index (χ2n) is 4.75. The summed E-state index contributed by atoms with van der Waals surface area (Å²) < 4.78 is 42.6. The molecule has 1 aromatic carbocycles. The van der Waals surface area contributed by atoms with Crippen molar-refractivity contribution in [2.75, 3.05) is 24.8 Å². The molecule has 0 aromatic heterocycles. The molecule has 3 nitrogen and oxygen atoms in total. The lowest BCUT2D eigenvalue weighted by Crippen LogP contribution is -2.30. The molecule has 0 bridgehead atoms. The molecule has 0 saturated carbocycles. The van der Waals surface area contributed by atoms with E-state index in [1.54, 1.807) is 7.11 Å². The summed E-state index contributed by atoms with van der Waals surface area (Å²) in [7, 11) is 1.58. The first-order valence-electron chi connectivity index (χ1n) is 5.98. The van der Waals surface area contributed by atoms with Gasteiger partial charge in [-0.05, 0) is 24.1 Å². The molecule has 0 aliphatic heterocycles. The lowest BCUT2D eigenvalue weighted by Gasteiger charge is -2.24. The minimum absolute atomic E-state index is 0.0102. The summed E-state index contributed by atoms with van der Waals surface area (Å²) in [5.41, 5.74) is 5.48. The molecule has 1 rings (SSSR count). The number of hydrogen-bond acceptors (Lipinski definition) is 3. The number of halogens is 3. The number of anilines is 2. The summed E-state index contributed by atoms with van der Waals surface area (Å²) in [6, 6.07) is 3.29. The van der Waals surface area contributed by atoms with Crippen LogP contribution in [0.15, 0.2) is 18.2 Å². The average molecular weight is 276 g/mol. The molecule has 0 amide bonds. The monoisotopic (exact) mass is 276 g/mol. The minimum atomic E-state index is -4.38. The third-order valence-corrected chi connectivity index (χ3v) is 2.87. The van der Waals surface area contributed by atoms with Crippen molar-refractivity contribution in [1.29, 1.82) is 0 Å². The number of alkyl halides is 3. The van der Waals surface area contributed by atoms with Gasteiger partial charge in [-0.15, -0.1) is 0 Å². The molecule has 0 aliphatic rings. The van der Waals surface area contributed by atoms with Gasteiger partial charge in [-0.3, -0.25) is 0 Å². The van der Waals surface area contributed by atoms with Gasteiger partial charge in [0.15, 0.2) is 0 Å². The van der Waals surface area contributed by atoms with Gasteiger partial charge in [0.25, 0.3) is 0 Å². The Morgan fingerprint density at radius 2 is 1.95 bits per heavy atom. The number of nitrogens with one attached hydrogen (secondary N) is 1. The fraction of sp³-hybridized carbons (Fsp3) is 0.538. The van der Waals surface area contributed by atoms with E-state index in [-0.39, 0.29) is 17.6 Å². The van der Waals surface area contributed by atoms with Crippen LogP contribution in [0.5, 0.6) is 0 Å². The Labute approximate surface area is 110 Å². The van der Waals surface area contributed by atoms with Crippen molar-refractivity contribution in [3.05, 3.63) is 23.8 Å². The number of nitrogen functional groups attached to an aromatic ring is 1. The summed E-state index contributed by atoms with van der Waals surface area (Å²) in [5.74, 6) is 0.265. The lowest BCUT2D eigenvalue weighted by molar-refractivity contribution is -0.137. The highest BCUT2D eigenvalue weighted by Crippen LogP contribution is 2.33. The fourth-order valence-electron chi connectivity index (χ4n) is 1.65. The van der Waals surface area contributed by atoms with Crippen LogP contribution in [0.4, 0.5) is 24.5 Å². The van der Waals surface area contributed by atoms with Gasteiger partial charge < -0.3 is 15.8 Å². The zero-order valence-electron chi connectivity index (χ0n) is 11.2. The molecular formula is C13H19F3N2O. The second kappa shape index (κ2) is 6.14. The summed E-state index contributed by atoms with van der Waals surface area (Å²) in [4.78, 5) is 0. The van der Waals surface area contributed by atoms with Gasteiger partial charge in [0.1, 0.15) is 0 Å². The second-order valence-corrected chi connectivity index (χ2v) is 4.75. The van der Waals surface area contributed by atoms with E-state index < -0.39 is 11.7 Å². The van der Waals surface area contributed by atoms with Gasteiger partial charge in [-0.25, -0.2) is 0 Å². The molecule has 3 N–H and O–H groups in total. The van der Waals surface area contributed by atoms with Crippen molar-refractivity contribution >= 4 is 11.4 Å². The molecule has 0 aliphatic carbocycles. The summed E-state index contributed by atoms with van der Waals surface area (Å²) in [5, 5.41) is 3.11. The van der Waals surface area contributed by atoms with Crippen molar-refractivity contribution in [2.24, 2.45) is 5.92 Å². The predicted molar refractivity (Wildman–Crippen MR) is 70.0 cm³/mol. The van der Waals surface area contributed by atoms with Crippen LogP contribution in [-0.2, 0) is 10.9 Å². The van der Waals surface area contributed by atoms with Crippen LogP contribution in [0.3, 0.4) is 0 Å². The summed E-state index contributed by atoms with van der Waals surface area (Å²) >= 11 is 0. The van der Waals surface area contributed by atoms with E-state index in [2.05, 4.69) is 5.32 Å². The predicted octanol–water partition coefficient (Wildman–Crippen LogP) is 3.37. The normalized spacial score (nSPS) is 13.6. The van der Waals surface area contributed by atoms with Crippen molar-refractivity contribution in [2.45, 2.75) is 26.1 Å². The molecule has 19 heavy (non-hydrogen) atoms. The number of hydrogen-bond donors (Lipinski definition) is 2. The highest BCUT2D eigenvalue weighted by Gasteiger charge is 2.30. The van der Waals surface area contributed by atoms with Gasteiger partial charge >= 0.3 is 6.18 Å². The molecule has 108 valence electrons. The Kier molecular flexibility index (Phi) is 5.05. The molecule has 1 aromatic rings. The first kappa shape index (κ1) is 15.6.